The maximum atomic E-state index is 10.9. The number of hydrogen-bond acceptors (Lipinski definition) is 2. The van der Waals surface area contributed by atoms with Crippen molar-refractivity contribution in [1.29, 1.82) is 0 Å². The molecule has 1 atom stereocenters. The minimum atomic E-state index is -0.117. The molecular weight excluding hydrogens is 211 g/mol. The lowest BCUT2D eigenvalue weighted by molar-refractivity contribution is -0.117. The molecule has 0 bridgehead atoms. The molecule has 1 unspecified atom stereocenters. The molecule has 13 heavy (non-hydrogen) atoms. The third-order valence-corrected chi connectivity index (χ3v) is 1.44. The molecule has 0 aliphatic rings. The molecule has 0 heterocycles. The van der Waals surface area contributed by atoms with Gasteiger partial charge in [0.2, 0.25) is 5.91 Å². The number of nitrogens with two attached hydrogens (primary N) is 1. The first-order chi connectivity index (χ1) is 5.07. The Morgan fingerprint density at radius 2 is 2.00 bits per heavy atom. The van der Waals surface area contributed by atoms with Crippen LogP contribution in [0.2, 0.25) is 0 Å². The van der Waals surface area contributed by atoms with Crippen LogP contribution in [0.15, 0.2) is 12.2 Å². The first-order valence-corrected chi connectivity index (χ1v) is 3.77. The SMILES string of the molecule is C=C(C)C(=O)NCC(N)CC.Cl.Cl. The van der Waals surface area contributed by atoms with Crippen LogP contribution in [0.25, 0.3) is 0 Å². The van der Waals surface area contributed by atoms with Crippen LogP contribution in [0.5, 0.6) is 0 Å². The summed E-state index contributed by atoms with van der Waals surface area (Å²) in [6, 6.07) is 0.0540. The van der Waals surface area contributed by atoms with Gasteiger partial charge in [0.15, 0.2) is 0 Å². The van der Waals surface area contributed by atoms with E-state index in [0.717, 1.165) is 6.42 Å². The monoisotopic (exact) mass is 228 g/mol. The lowest BCUT2D eigenvalue weighted by atomic mass is 10.2. The van der Waals surface area contributed by atoms with Crippen LogP contribution in [0, 0.1) is 0 Å². The lowest BCUT2D eigenvalue weighted by Crippen LogP contribution is -2.36. The fourth-order valence-electron chi connectivity index (χ4n) is 0.519. The number of nitrogens with one attached hydrogen (secondary N) is 1. The summed E-state index contributed by atoms with van der Waals surface area (Å²) in [6.07, 6.45) is 0.871. The number of carbonyl (C=O) groups is 1. The standard InChI is InChI=1S/C8H16N2O.2ClH/c1-4-7(9)5-10-8(11)6(2)3;;/h7H,2,4-5,9H2,1,3H3,(H,10,11);2*1H. The van der Waals surface area contributed by atoms with Gasteiger partial charge in [0.05, 0.1) is 0 Å². The lowest BCUT2D eigenvalue weighted by Gasteiger charge is -2.09. The van der Waals surface area contributed by atoms with Crippen LogP contribution >= 0.6 is 24.8 Å². The molecule has 5 heteroatoms. The summed E-state index contributed by atoms with van der Waals surface area (Å²) in [4.78, 5) is 10.9. The third kappa shape index (κ3) is 9.67. The third-order valence-electron chi connectivity index (χ3n) is 1.44. The Hall–Kier alpha value is -0.250. The first kappa shape index (κ1) is 18.5. The van der Waals surface area contributed by atoms with Gasteiger partial charge in [-0.3, -0.25) is 4.79 Å². The molecule has 3 N–H and O–H groups in total. The number of amides is 1. The number of rotatable bonds is 4. The second-order valence-corrected chi connectivity index (χ2v) is 2.66. The van der Waals surface area contributed by atoms with Gasteiger partial charge >= 0.3 is 0 Å². The van der Waals surface area contributed by atoms with Crippen LogP contribution in [-0.4, -0.2) is 18.5 Å². The van der Waals surface area contributed by atoms with Gasteiger partial charge < -0.3 is 11.1 Å². The predicted molar refractivity (Wildman–Crippen MR) is 60.6 cm³/mol. The van der Waals surface area contributed by atoms with E-state index in [1.165, 1.54) is 0 Å². The Balaban J connectivity index is -0.000000500. The van der Waals surface area contributed by atoms with Gasteiger partial charge in [0.1, 0.15) is 0 Å². The summed E-state index contributed by atoms with van der Waals surface area (Å²) in [5, 5.41) is 2.67. The first-order valence-electron chi connectivity index (χ1n) is 3.77. The quantitative estimate of drug-likeness (QED) is 0.713. The van der Waals surface area contributed by atoms with E-state index in [4.69, 9.17) is 5.73 Å². The largest absolute Gasteiger partial charge is 0.351 e. The van der Waals surface area contributed by atoms with Crippen molar-refractivity contribution < 1.29 is 4.79 Å². The van der Waals surface area contributed by atoms with Crippen molar-refractivity contribution in [3.05, 3.63) is 12.2 Å². The van der Waals surface area contributed by atoms with Crippen molar-refractivity contribution in [1.82, 2.24) is 5.32 Å². The molecule has 0 aromatic carbocycles. The highest BCUT2D eigenvalue weighted by molar-refractivity contribution is 5.92. The second-order valence-electron chi connectivity index (χ2n) is 2.66. The van der Waals surface area contributed by atoms with Gasteiger partial charge in [-0.25, -0.2) is 0 Å². The van der Waals surface area contributed by atoms with E-state index in [-0.39, 0.29) is 36.8 Å². The zero-order valence-corrected chi connectivity index (χ0v) is 9.63. The van der Waals surface area contributed by atoms with Gasteiger partial charge in [-0.2, -0.15) is 0 Å². The fourth-order valence-corrected chi connectivity index (χ4v) is 0.519. The summed E-state index contributed by atoms with van der Waals surface area (Å²) >= 11 is 0. The van der Waals surface area contributed by atoms with E-state index < -0.39 is 0 Å². The van der Waals surface area contributed by atoms with Crippen LogP contribution in [0.4, 0.5) is 0 Å². The summed E-state index contributed by atoms with van der Waals surface area (Å²) in [5.74, 6) is -0.117. The predicted octanol–water partition coefficient (Wildman–Crippen LogP) is 1.26. The molecule has 1 amide bonds. The molecule has 80 valence electrons. The molecule has 0 aromatic rings. The normalized spacial score (nSPS) is 10.4. The summed E-state index contributed by atoms with van der Waals surface area (Å²) < 4.78 is 0. The Labute approximate surface area is 92.0 Å². The van der Waals surface area contributed by atoms with Crippen molar-refractivity contribution in [2.75, 3.05) is 6.54 Å². The molecule has 0 spiro atoms. The summed E-state index contributed by atoms with van der Waals surface area (Å²) in [6.45, 7) is 7.69. The molecule has 0 aliphatic carbocycles. The van der Waals surface area contributed by atoms with E-state index in [1.54, 1.807) is 6.92 Å². The van der Waals surface area contributed by atoms with E-state index in [1.807, 2.05) is 6.92 Å². The van der Waals surface area contributed by atoms with Crippen molar-refractivity contribution in [3.63, 3.8) is 0 Å². The maximum absolute atomic E-state index is 10.9. The molecular formula is C8H18Cl2N2O. The summed E-state index contributed by atoms with van der Waals surface area (Å²) in [5.41, 5.74) is 6.10. The maximum Gasteiger partial charge on any atom is 0.246 e. The highest BCUT2D eigenvalue weighted by Gasteiger charge is 2.03. The average molecular weight is 229 g/mol. The zero-order valence-electron chi connectivity index (χ0n) is 8.00. The van der Waals surface area contributed by atoms with E-state index >= 15 is 0 Å². The van der Waals surface area contributed by atoms with Gasteiger partial charge in [0.25, 0.3) is 0 Å². The van der Waals surface area contributed by atoms with Crippen LogP contribution in [-0.2, 0) is 4.79 Å². The van der Waals surface area contributed by atoms with Gasteiger partial charge in [-0.1, -0.05) is 13.5 Å². The highest BCUT2D eigenvalue weighted by atomic mass is 35.5. The Morgan fingerprint density at radius 1 is 1.54 bits per heavy atom. The van der Waals surface area contributed by atoms with Crippen LogP contribution < -0.4 is 11.1 Å². The smallest absolute Gasteiger partial charge is 0.246 e. The fraction of sp³-hybridized carbons (Fsp3) is 0.625. The molecule has 0 rings (SSSR count). The number of hydrogen-bond donors (Lipinski definition) is 2. The zero-order chi connectivity index (χ0) is 8.85. The van der Waals surface area contributed by atoms with Crippen molar-refractivity contribution in [2.45, 2.75) is 26.3 Å². The van der Waals surface area contributed by atoms with Crippen LogP contribution in [0.1, 0.15) is 20.3 Å². The molecule has 0 fully saturated rings. The van der Waals surface area contributed by atoms with E-state index in [0.29, 0.717) is 12.1 Å². The van der Waals surface area contributed by atoms with Gasteiger partial charge in [0, 0.05) is 18.2 Å². The van der Waals surface area contributed by atoms with Gasteiger partial charge in [-0.05, 0) is 13.3 Å². The summed E-state index contributed by atoms with van der Waals surface area (Å²) in [7, 11) is 0. The van der Waals surface area contributed by atoms with Crippen LogP contribution in [0.3, 0.4) is 0 Å². The van der Waals surface area contributed by atoms with E-state index in [2.05, 4.69) is 11.9 Å². The molecule has 0 saturated heterocycles. The Bertz CT molecular complexity index is 162. The average Bonchev–Trinajstić information content (AvgIpc) is 1.99. The minimum Gasteiger partial charge on any atom is -0.351 e. The second kappa shape index (κ2) is 9.84. The molecule has 0 radical (unpaired) electrons. The van der Waals surface area contributed by atoms with Crippen molar-refractivity contribution in [3.8, 4) is 0 Å². The molecule has 3 nitrogen and oxygen atoms in total. The number of carbonyl (C=O) groups excluding carboxylic acids is 1. The van der Waals surface area contributed by atoms with E-state index in [9.17, 15) is 4.79 Å². The number of halogens is 2. The van der Waals surface area contributed by atoms with Crippen molar-refractivity contribution in [2.24, 2.45) is 5.73 Å². The highest BCUT2D eigenvalue weighted by Crippen LogP contribution is 1.87. The van der Waals surface area contributed by atoms with Gasteiger partial charge in [-0.15, -0.1) is 24.8 Å². The molecule has 0 aromatic heterocycles. The topological polar surface area (TPSA) is 55.1 Å². The Morgan fingerprint density at radius 3 is 2.31 bits per heavy atom. The minimum absolute atomic E-state index is 0. The molecule has 0 aliphatic heterocycles. The van der Waals surface area contributed by atoms with Crippen molar-refractivity contribution >= 4 is 30.7 Å². The molecule has 0 saturated carbocycles. The Kier molecular flexibility index (Phi) is 14.0.